The number of fused-ring (bicyclic) bond motifs is 2. The molecule has 0 aliphatic heterocycles. The smallest absolute Gasteiger partial charge is 0.278 e. The molecule has 5 nitrogen and oxygen atoms in total. The molecule has 31 heavy (non-hydrogen) atoms. The topological polar surface area (TPSA) is 59.0 Å². The second kappa shape index (κ2) is 7.89. The molecule has 0 atom stereocenters. The van der Waals surface area contributed by atoms with Gasteiger partial charge in [-0.25, -0.2) is 9.97 Å². The molecule has 0 saturated heterocycles. The number of rotatable bonds is 4. The maximum Gasteiger partial charge on any atom is 0.280 e. The molecule has 3 aromatic carbocycles. The Kier molecular flexibility index (Phi) is 4.92. The number of aryl methyl sites for hydroxylation is 2. The van der Waals surface area contributed by atoms with Crippen molar-refractivity contribution in [1.29, 1.82) is 0 Å². The highest BCUT2D eigenvalue weighted by Gasteiger charge is 2.24. The summed E-state index contributed by atoms with van der Waals surface area (Å²) in [6, 6.07) is 21.7. The Morgan fingerprint density at radius 3 is 2.48 bits per heavy atom. The van der Waals surface area contributed by atoms with Crippen LogP contribution in [-0.4, -0.2) is 20.9 Å². The molecule has 0 N–H and O–H groups in total. The Balaban J connectivity index is 1.61. The van der Waals surface area contributed by atoms with Gasteiger partial charge in [0.2, 0.25) is 0 Å². The van der Waals surface area contributed by atoms with Crippen molar-refractivity contribution in [2.75, 3.05) is 4.90 Å². The molecule has 0 saturated carbocycles. The Bertz CT molecular complexity index is 1410. The zero-order valence-corrected chi connectivity index (χ0v) is 18.1. The molecule has 2 heterocycles. The molecule has 0 aliphatic carbocycles. The Morgan fingerprint density at radius 1 is 0.935 bits per heavy atom. The van der Waals surface area contributed by atoms with E-state index in [9.17, 15) is 4.79 Å². The summed E-state index contributed by atoms with van der Waals surface area (Å²) >= 11 is 1.53. The molecule has 0 bridgehead atoms. The maximum atomic E-state index is 13.6. The predicted octanol–water partition coefficient (Wildman–Crippen LogP) is 5.70. The van der Waals surface area contributed by atoms with Gasteiger partial charge >= 0.3 is 0 Å². The molecule has 0 spiro atoms. The minimum Gasteiger partial charge on any atom is -0.278 e. The molecule has 0 fully saturated rings. The van der Waals surface area contributed by atoms with E-state index in [1.54, 1.807) is 11.1 Å². The highest BCUT2D eigenvalue weighted by atomic mass is 32.1. The number of hydrogen-bond acceptors (Lipinski definition) is 5. The minimum absolute atomic E-state index is 0.212. The van der Waals surface area contributed by atoms with Crippen molar-refractivity contribution in [1.82, 2.24) is 15.0 Å². The molecule has 2 aromatic heterocycles. The molecule has 6 heteroatoms. The zero-order valence-electron chi connectivity index (χ0n) is 17.2. The predicted molar refractivity (Wildman–Crippen MR) is 126 cm³/mol. The van der Waals surface area contributed by atoms with E-state index in [4.69, 9.17) is 4.98 Å². The quantitative estimate of drug-likeness (QED) is 0.371. The van der Waals surface area contributed by atoms with E-state index in [0.717, 1.165) is 26.9 Å². The summed E-state index contributed by atoms with van der Waals surface area (Å²) in [6.07, 6.45) is 1.55. The number of nitrogens with zero attached hydrogens (tertiary/aromatic N) is 4. The van der Waals surface area contributed by atoms with Crippen LogP contribution >= 0.6 is 11.3 Å². The molecule has 0 aliphatic rings. The number of thiazole rings is 1. The van der Waals surface area contributed by atoms with Gasteiger partial charge in [-0.2, -0.15) is 0 Å². The van der Waals surface area contributed by atoms with Crippen LogP contribution in [0.4, 0.5) is 5.13 Å². The first kappa shape index (κ1) is 19.3. The lowest BCUT2D eigenvalue weighted by Gasteiger charge is -2.19. The van der Waals surface area contributed by atoms with Gasteiger partial charge in [0.25, 0.3) is 5.91 Å². The van der Waals surface area contributed by atoms with Gasteiger partial charge in [-0.05, 0) is 48.7 Å². The number of benzene rings is 3. The number of para-hydroxylation sites is 2. The monoisotopic (exact) mass is 424 g/mol. The molecular weight excluding hydrogens is 404 g/mol. The molecule has 0 unspecified atom stereocenters. The molecule has 0 radical (unpaired) electrons. The van der Waals surface area contributed by atoms with Gasteiger partial charge in [0, 0.05) is 0 Å². The maximum absolute atomic E-state index is 13.6. The fourth-order valence-electron chi connectivity index (χ4n) is 3.67. The van der Waals surface area contributed by atoms with Crippen molar-refractivity contribution in [2.45, 2.75) is 20.4 Å². The largest absolute Gasteiger partial charge is 0.280 e. The third kappa shape index (κ3) is 3.78. The Morgan fingerprint density at radius 2 is 1.68 bits per heavy atom. The summed E-state index contributed by atoms with van der Waals surface area (Å²) in [5.41, 5.74) is 6.01. The van der Waals surface area contributed by atoms with Gasteiger partial charge in [0.15, 0.2) is 5.13 Å². The van der Waals surface area contributed by atoms with Crippen LogP contribution in [0.3, 0.4) is 0 Å². The summed E-state index contributed by atoms with van der Waals surface area (Å²) in [5.74, 6) is -0.212. The van der Waals surface area contributed by atoms with Crippen LogP contribution in [0, 0.1) is 13.8 Å². The number of anilines is 1. The SMILES string of the molecule is Cc1cc(C)c2nc(N(Cc3ccccc3)C(=O)c3cnc4ccccc4n3)sc2c1. The number of amides is 1. The highest BCUT2D eigenvalue weighted by Crippen LogP contribution is 2.33. The Labute approximate surface area is 184 Å². The lowest BCUT2D eigenvalue weighted by molar-refractivity contribution is 0.0980. The van der Waals surface area contributed by atoms with Gasteiger partial charge in [-0.1, -0.05) is 59.9 Å². The van der Waals surface area contributed by atoms with Gasteiger partial charge in [-0.15, -0.1) is 0 Å². The van der Waals surface area contributed by atoms with Crippen LogP contribution in [0.15, 0.2) is 72.9 Å². The van der Waals surface area contributed by atoms with Gasteiger partial charge < -0.3 is 0 Å². The third-order valence-corrected chi connectivity index (χ3v) is 6.17. The van der Waals surface area contributed by atoms with Gasteiger partial charge in [-0.3, -0.25) is 14.7 Å². The van der Waals surface area contributed by atoms with E-state index in [0.29, 0.717) is 22.9 Å². The summed E-state index contributed by atoms with van der Waals surface area (Å²) < 4.78 is 1.07. The average Bonchev–Trinajstić information content (AvgIpc) is 3.21. The van der Waals surface area contributed by atoms with E-state index in [2.05, 4.69) is 35.9 Å². The second-order valence-corrected chi connectivity index (χ2v) is 8.55. The van der Waals surface area contributed by atoms with Crippen LogP contribution in [0.1, 0.15) is 27.2 Å². The summed E-state index contributed by atoms with van der Waals surface area (Å²) in [6.45, 7) is 4.53. The van der Waals surface area contributed by atoms with Crippen molar-refractivity contribution in [3.05, 3.63) is 95.3 Å². The van der Waals surface area contributed by atoms with E-state index < -0.39 is 0 Å². The number of aromatic nitrogens is 3. The molecular formula is C25H20N4OS. The fourth-order valence-corrected chi connectivity index (χ4v) is 4.80. The first-order valence-corrected chi connectivity index (χ1v) is 10.9. The van der Waals surface area contributed by atoms with Crippen molar-refractivity contribution in [3.8, 4) is 0 Å². The fraction of sp³-hybridized carbons (Fsp3) is 0.120. The average molecular weight is 425 g/mol. The van der Waals surface area contributed by atoms with Crippen LogP contribution in [0.5, 0.6) is 0 Å². The van der Waals surface area contributed by atoms with Gasteiger partial charge in [0.05, 0.1) is 34.0 Å². The van der Waals surface area contributed by atoms with Crippen molar-refractivity contribution in [2.24, 2.45) is 0 Å². The minimum atomic E-state index is -0.212. The standard InChI is InChI=1S/C25H20N4OS/c1-16-12-17(2)23-22(13-16)31-25(28-23)29(15-18-8-4-3-5-9-18)24(30)21-14-26-19-10-6-7-11-20(19)27-21/h3-14H,15H2,1-2H3. The molecule has 1 amide bonds. The highest BCUT2D eigenvalue weighted by molar-refractivity contribution is 7.22. The van der Waals surface area contributed by atoms with Crippen molar-refractivity contribution in [3.63, 3.8) is 0 Å². The van der Waals surface area contributed by atoms with E-state index in [1.165, 1.54) is 16.9 Å². The summed E-state index contributed by atoms with van der Waals surface area (Å²) in [7, 11) is 0. The lowest BCUT2D eigenvalue weighted by Crippen LogP contribution is -2.31. The molecule has 152 valence electrons. The second-order valence-electron chi connectivity index (χ2n) is 7.55. The van der Waals surface area contributed by atoms with Crippen LogP contribution in [-0.2, 0) is 6.54 Å². The number of hydrogen-bond donors (Lipinski definition) is 0. The number of carbonyl (C=O) groups is 1. The first-order valence-electron chi connectivity index (χ1n) is 10.0. The van der Waals surface area contributed by atoms with Crippen molar-refractivity contribution < 1.29 is 4.79 Å². The molecule has 5 rings (SSSR count). The van der Waals surface area contributed by atoms with E-state index >= 15 is 0 Å². The summed E-state index contributed by atoms with van der Waals surface area (Å²) in [5, 5.41) is 0.660. The van der Waals surface area contributed by atoms with E-state index in [-0.39, 0.29) is 5.91 Å². The zero-order chi connectivity index (χ0) is 21.4. The lowest BCUT2D eigenvalue weighted by atomic mass is 10.1. The van der Waals surface area contributed by atoms with Crippen LogP contribution in [0.2, 0.25) is 0 Å². The summed E-state index contributed by atoms with van der Waals surface area (Å²) in [4.78, 5) is 29.1. The normalized spacial score (nSPS) is 11.2. The van der Waals surface area contributed by atoms with E-state index in [1.807, 2.05) is 54.6 Å². The van der Waals surface area contributed by atoms with Crippen LogP contribution < -0.4 is 4.90 Å². The van der Waals surface area contributed by atoms with Crippen molar-refractivity contribution >= 4 is 43.6 Å². The molecule has 5 aromatic rings. The van der Waals surface area contributed by atoms with Gasteiger partial charge in [0.1, 0.15) is 5.69 Å². The third-order valence-electron chi connectivity index (χ3n) is 5.15. The first-order chi connectivity index (χ1) is 15.1. The van der Waals surface area contributed by atoms with Crippen LogP contribution in [0.25, 0.3) is 21.3 Å². The Hall–Kier alpha value is -3.64. The number of carbonyl (C=O) groups excluding carboxylic acids is 1.